The smallest absolute Gasteiger partial charge is 0.339 e. The zero-order chi connectivity index (χ0) is 32.9. The third-order valence-corrected chi connectivity index (χ3v) is 7.77. The highest BCUT2D eigenvalue weighted by molar-refractivity contribution is 7.90. The Labute approximate surface area is 252 Å². The fraction of sp³-hybridized carbons (Fsp3) is 0.323. The Hall–Kier alpha value is -4.33. The van der Waals surface area contributed by atoms with Crippen LogP contribution in [0.15, 0.2) is 71.6 Å². The maximum absolute atomic E-state index is 14.7. The van der Waals surface area contributed by atoms with Gasteiger partial charge >= 0.3 is 6.18 Å². The molecule has 0 spiro atoms. The number of carbonyl (C=O) groups is 1. The molecule has 0 aromatic heterocycles. The molecule has 0 bridgehead atoms. The summed E-state index contributed by atoms with van der Waals surface area (Å²) in [5, 5.41) is 22.9. The van der Waals surface area contributed by atoms with Gasteiger partial charge in [0.1, 0.15) is 23.6 Å². The molecule has 0 heterocycles. The molecule has 1 amide bonds. The Morgan fingerprint density at radius 2 is 1.50 bits per heavy atom. The van der Waals surface area contributed by atoms with Crippen molar-refractivity contribution >= 4 is 15.7 Å². The van der Waals surface area contributed by atoms with Crippen molar-refractivity contribution in [3.05, 3.63) is 89.2 Å². The van der Waals surface area contributed by atoms with E-state index in [1.165, 1.54) is 60.7 Å². The predicted molar refractivity (Wildman–Crippen MR) is 153 cm³/mol. The number of benzene rings is 3. The Morgan fingerprint density at radius 1 is 0.932 bits per heavy atom. The average Bonchev–Trinajstić information content (AvgIpc) is 2.94. The van der Waals surface area contributed by atoms with Gasteiger partial charge in [-0.2, -0.15) is 23.7 Å². The molecule has 0 aliphatic carbocycles. The molecule has 7 nitrogen and oxygen atoms in total. The van der Waals surface area contributed by atoms with Gasteiger partial charge in [-0.3, -0.25) is 10.1 Å². The first-order valence-corrected chi connectivity index (χ1v) is 15.1. The van der Waals surface area contributed by atoms with Crippen LogP contribution >= 0.6 is 0 Å². The number of nitrogens with one attached hydrogen (secondary N) is 2. The lowest BCUT2D eigenvalue weighted by atomic mass is 9.96. The summed E-state index contributed by atoms with van der Waals surface area (Å²) in [7, 11) is -3.44. The van der Waals surface area contributed by atoms with E-state index in [9.17, 15) is 40.4 Å². The summed E-state index contributed by atoms with van der Waals surface area (Å²) < 4.78 is 95.4. The van der Waals surface area contributed by atoms with Gasteiger partial charge in [-0.25, -0.2) is 17.2 Å². The van der Waals surface area contributed by atoms with Crippen LogP contribution < -0.4 is 10.6 Å². The van der Waals surface area contributed by atoms with Crippen molar-refractivity contribution in [2.75, 3.05) is 6.26 Å². The lowest BCUT2D eigenvalue weighted by Gasteiger charge is -2.30. The van der Waals surface area contributed by atoms with Crippen molar-refractivity contribution in [3.8, 4) is 23.3 Å². The van der Waals surface area contributed by atoms with E-state index < -0.39 is 58.0 Å². The number of nitrogens with zero attached hydrogens (tertiary/aromatic N) is 2. The van der Waals surface area contributed by atoms with Gasteiger partial charge in [-0.05, 0) is 60.4 Å². The maximum atomic E-state index is 14.7. The number of halogens is 5. The minimum atomic E-state index is -4.92. The fourth-order valence-electron chi connectivity index (χ4n) is 4.46. The fourth-order valence-corrected chi connectivity index (χ4v) is 5.09. The molecule has 0 aliphatic heterocycles. The summed E-state index contributed by atoms with van der Waals surface area (Å²) in [5.41, 5.74) is -1.28. The van der Waals surface area contributed by atoms with Crippen LogP contribution in [0, 0.1) is 28.5 Å². The van der Waals surface area contributed by atoms with Crippen LogP contribution in [0.3, 0.4) is 0 Å². The maximum Gasteiger partial charge on any atom is 0.407 e. The minimum Gasteiger partial charge on any atom is -0.339 e. The molecule has 0 saturated carbocycles. The van der Waals surface area contributed by atoms with E-state index in [4.69, 9.17) is 5.26 Å². The number of rotatable bonds is 11. The molecule has 3 rings (SSSR count). The molecule has 232 valence electrons. The zero-order valence-electron chi connectivity index (χ0n) is 23.9. The largest absolute Gasteiger partial charge is 0.407 e. The molecule has 3 aromatic carbocycles. The minimum absolute atomic E-state index is 0.00889. The van der Waals surface area contributed by atoms with E-state index in [0.717, 1.165) is 26.2 Å². The second kappa shape index (κ2) is 13.5. The first-order valence-electron chi connectivity index (χ1n) is 13.2. The van der Waals surface area contributed by atoms with Crippen LogP contribution in [-0.2, 0) is 21.1 Å². The van der Waals surface area contributed by atoms with Gasteiger partial charge in [0.2, 0.25) is 5.91 Å². The molecule has 13 heteroatoms. The molecule has 0 radical (unpaired) electrons. The third kappa shape index (κ3) is 9.33. The van der Waals surface area contributed by atoms with E-state index in [1.807, 2.05) is 0 Å². The van der Waals surface area contributed by atoms with E-state index in [1.54, 1.807) is 12.1 Å². The Kier molecular flexibility index (Phi) is 10.5. The molecule has 0 saturated heterocycles. The molecule has 1 unspecified atom stereocenters. The first kappa shape index (κ1) is 34.2. The van der Waals surface area contributed by atoms with Gasteiger partial charge in [0.05, 0.1) is 28.6 Å². The molecule has 2 N–H and O–H groups in total. The number of amides is 1. The molecular formula is C31H29F5N4O3S. The van der Waals surface area contributed by atoms with Gasteiger partial charge < -0.3 is 5.32 Å². The van der Waals surface area contributed by atoms with Crippen LogP contribution in [-0.4, -0.2) is 44.5 Å². The van der Waals surface area contributed by atoms with Crippen LogP contribution in [0.1, 0.15) is 43.0 Å². The van der Waals surface area contributed by atoms with Crippen molar-refractivity contribution in [1.29, 1.82) is 10.5 Å². The lowest BCUT2D eigenvalue weighted by Crippen LogP contribution is -2.53. The molecule has 0 fully saturated rings. The van der Waals surface area contributed by atoms with Crippen molar-refractivity contribution in [3.63, 3.8) is 0 Å². The lowest BCUT2D eigenvalue weighted by molar-refractivity contribution is -0.161. The molecule has 44 heavy (non-hydrogen) atoms. The summed E-state index contributed by atoms with van der Waals surface area (Å²) in [6.07, 6.45) is -4.90. The standard InChI is InChI=1S/C31H29F5N4O3S/c1-30(2,33)16-27(29(41)39-24(18-38)15-23-5-4-19(17-37)14-26(23)32)40-28(31(34,35)36)22-8-6-20(7-9-22)21-10-12-25(13-11-21)44(3,42)43/h4-14,24,27-28,40H,15-16H2,1-3H3,(H,39,41)/t24?,27-,28-/m0/s1. The molecule has 3 aromatic rings. The van der Waals surface area contributed by atoms with Gasteiger partial charge in [0.15, 0.2) is 9.84 Å². The van der Waals surface area contributed by atoms with Crippen molar-refractivity contribution in [2.45, 2.75) is 61.6 Å². The molecule has 0 aliphatic rings. The van der Waals surface area contributed by atoms with Crippen molar-refractivity contribution in [2.24, 2.45) is 0 Å². The number of hydrogen-bond donors (Lipinski definition) is 2. The normalized spacial score (nSPS) is 14.1. The molecule has 3 atom stereocenters. The summed E-state index contributed by atoms with van der Waals surface area (Å²) in [4.78, 5) is 13.2. The second-order valence-corrected chi connectivity index (χ2v) is 12.9. The summed E-state index contributed by atoms with van der Waals surface area (Å²) >= 11 is 0. The highest BCUT2D eigenvalue weighted by Crippen LogP contribution is 2.35. The highest BCUT2D eigenvalue weighted by atomic mass is 32.2. The van der Waals surface area contributed by atoms with E-state index in [2.05, 4.69) is 10.6 Å². The van der Waals surface area contributed by atoms with E-state index >= 15 is 0 Å². The van der Waals surface area contributed by atoms with Gasteiger partial charge in [-0.15, -0.1) is 0 Å². The second-order valence-electron chi connectivity index (χ2n) is 10.8. The SMILES string of the molecule is CC(C)(F)C[C@H](N[C@@H](c1ccc(-c2ccc(S(C)(=O)=O)cc2)cc1)C(F)(F)F)C(=O)NC(C#N)Cc1ccc(C#N)cc1F. The van der Waals surface area contributed by atoms with Crippen molar-refractivity contribution < 1.29 is 35.2 Å². The third-order valence-electron chi connectivity index (χ3n) is 6.64. The Morgan fingerprint density at radius 3 is 1.95 bits per heavy atom. The number of sulfone groups is 1. The van der Waals surface area contributed by atoms with E-state index in [0.29, 0.717) is 11.1 Å². The van der Waals surface area contributed by atoms with Gasteiger partial charge in [-0.1, -0.05) is 42.5 Å². The number of nitriles is 2. The Balaban J connectivity index is 1.85. The Bertz CT molecular complexity index is 1670. The van der Waals surface area contributed by atoms with E-state index in [-0.39, 0.29) is 28.0 Å². The van der Waals surface area contributed by atoms with Crippen LogP contribution in [0.5, 0.6) is 0 Å². The van der Waals surface area contributed by atoms with Gasteiger partial charge in [0.25, 0.3) is 0 Å². The summed E-state index contributed by atoms with van der Waals surface area (Å²) in [6, 6.07) is 12.5. The quantitative estimate of drug-likeness (QED) is 0.261. The number of carbonyl (C=O) groups excluding carboxylic acids is 1. The van der Waals surface area contributed by atoms with Crippen LogP contribution in [0.25, 0.3) is 11.1 Å². The number of alkyl halides is 4. The van der Waals surface area contributed by atoms with Gasteiger partial charge in [0, 0.05) is 19.1 Å². The predicted octanol–water partition coefficient (Wildman–Crippen LogP) is 5.72. The summed E-state index contributed by atoms with van der Waals surface area (Å²) in [5.74, 6) is -1.89. The molecular weight excluding hydrogens is 603 g/mol. The first-order chi connectivity index (χ1) is 20.4. The van der Waals surface area contributed by atoms with Crippen LogP contribution in [0.2, 0.25) is 0 Å². The average molecular weight is 633 g/mol. The zero-order valence-corrected chi connectivity index (χ0v) is 24.7. The van der Waals surface area contributed by atoms with Crippen LogP contribution in [0.4, 0.5) is 22.0 Å². The monoisotopic (exact) mass is 632 g/mol. The van der Waals surface area contributed by atoms with Crippen molar-refractivity contribution in [1.82, 2.24) is 10.6 Å². The summed E-state index contributed by atoms with van der Waals surface area (Å²) in [6.45, 7) is 2.19. The highest BCUT2D eigenvalue weighted by Gasteiger charge is 2.44. The topological polar surface area (TPSA) is 123 Å². The number of hydrogen-bond acceptors (Lipinski definition) is 6.